The predicted molar refractivity (Wildman–Crippen MR) is 118 cm³/mol. The monoisotopic (exact) mass is 452 g/mol. The molecule has 1 N–H and O–H groups in total. The smallest absolute Gasteiger partial charge is 0.221 e. The molecule has 6 rings (SSSR count). The molecule has 0 radical (unpaired) electrons. The predicted octanol–water partition coefficient (Wildman–Crippen LogP) is 3.91. The molecule has 33 heavy (non-hydrogen) atoms. The summed E-state index contributed by atoms with van der Waals surface area (Å²) in [6, 6.07) is 5.70. The summed E-state index contributed by atoms with van der Waals surface area (Å²) >= 11 is 0. The maximum atomic E-state index is 14.5. The van der Waals surface area contributed by atoms with Crippen molar-refractivity contribution in [1.29, 1.82) is 0 Å². The standard InChI is InChI=1S/C24H26F2N6O/c1-13-27-22(31-28-13)32-9-10-33-19(12-32)24-8-7-15(23(24,2)3)14-11-18(29-30-21(14)24)20-16(25)5-4-6-17(20)26/h4-6,11,15,19H,7-10,12H2,1-3H3,(H,27,28,31)/t15-,19-,24?/m0/s1. The highest BCUT2D eigenvalue weighted by Gasteiger charge is 2.67. The number of aromatic amines is 1. The lowest BCUT2D eigenvalue weighted by atomic mass is 9.64. The second-order valence-electron chi connectivity index (χ2n) is 9.93. The van der Waals surface area contributed by atoms with E-state index in [1.54, 1.807) is 0 Å². The summed E-state index contributed by atoms with van der Waals surface area (Å²) in [5, 5.41) is 16.1. The number of aryl methyl sites for hydroxylation is 1. The van der Waals surface area contributed by atoms with Crippen LogP contribution in [0.5, 0.6) is 0 Å². The molecule has 0 spiro atoms. The van der Waals surface area contributed by atoms with Gasteiger partial charge >= 0.3 is 0 Å². The summed E-state index contributed by atoms with van der Waals surface area (Å²) < 4.78 is 35.3. The SMILES string of the molecule is Cc1n[nH]c(N2CCO[C@H](C34CC[C@@H](c5cc(-c6c(F)cccc6F)nnc53)C4(C)C)C2)n1. The highest BCUT2D eigenvalue weighted by molar-refractivity contribution is 5.63. The molecule has 0 amide bonds. The van der Waals surface area contributed by atoms with Crippen LogP contribution in [-0.4, -0.2) is 51.2 Å². The second-order valence-corrected chi connectivity index (χ2v) is 9.93. The number of halogens is 2. The Kier molecular flexibility index (Phi) is 4.40. The lowest BCUT2D eigenvalue weighted by Gasteiger charge is -2.47. The summed E-state index contributed by atoms with van der Waals surface area (Å²) in [6.45, 7) is 8.35. The Balaban J connectivity index is 1.42. The van der Waals surface area contributed by atoms with Crippen molar-refractivity contribution in [2.24, 2.45) is 5.41 Å². The van der Waals surface area contributed by atoms with E-state index in [0.29, 0.717) is 19.0 Å². The quantitative estimate of drug-likeness (QED) is 0.649. The number of fused-ring (bicyclic) bond motifs is 5. The van der Waals surface area contributed by atoms with E-state index in [4.69, 9.17) is 4.74 Å². The normalized spacial score (nSPS) is 27.7. The first-order valence-corrected chi connectivity index (χ1v) is 11.4. The molecule has 3 aromatic rings. The molecule has 3 atom stereocenters. The van der Waals surface area contributed by atoms with E-state index in [0.717, 1.165) is 36.6 Å². The van der Waals surface area contributed by atoms with Crippen LogP contribution in [-0.2, 0) is 10.2 Å². The molecule has 7 nitrogen and oxygen atoms in total. The highest BCUT2D eigenvalue weighted by atomic mass is 19.1. The first-order valence-electron chi connectivity index (χ1n) is 11.4. The molecular weight excluding hydrogens is 426 g/mol. The molecule has 2 aliphatic carbocycles. The lowest BCUT2D eigenvalue weighted by Crippen LogP contribution is -2.56. The molecule has 1 aliphatic heterocycles. The molecule has 172 valence electrons. The Morgan fingerprint density at radius 1 is 1.18 bits per heavy atom. The summed E-state index contributed by atoms with van der Waals surface area (Å²) in [6.07, 6.45) is 1.81. The van der Waals surface area contributed by atoms with Gasteiger partial charge < -0.3 is 9.64 Å². The fraction of sp³-hybridized carbons (Fsp3) is 0.500. The number of benzene rings is 1. The van der Waals surface area contributed by atoms with Crippen LogP contribution in [0.2, 0.25) is 0 Å². The van der Waals surface area contributed by atoms with Crippen molar-refractivity contribution in [3.63, 3.8) is 0 Å². The van der Waals surface area contributed by atoms with Crippen molar-refractivity contribution in [2.45, 2.75) is 51.0 Å². The third kappa shape index (κ3) is 2.74. The van der Waals surface area contributed by atoms with Gasteiger partial charge in [-0.25, -0.2) is 13.9 Å². The Labute approximate surface area is 190 Å². The zero-order chi connectivity index (χ0) is 23.0. The number of anilines is 1. The summed E-state index contributed by atoms with van der Waals surface area (Å²) in [4.78, 5) is 6.68. The first kappa shape index (κ1) is 20.7. The summed E-state index contributed by atoms with van der Waals surface area (Å²) in [5.41, 5.74) is 1.59. The average Bonchev–Trinajstić information content (AvgIpc) is 3.40. The van der Waals surface area contributed by atoms with Crippen LogP contribution in [0, 0.1) is 24.0 Å². The zero-order valence-corrected chi connectivity index (χ0v) is 18.9. The van der Waals surface area contributed by atoms with E-state index in [9.17, 15) is 8.78 Å². The number of hydrogen-bond donors (Lipinski definition) is 1. The molecule has 1 aromatic carbocycles. The van der Waals surface area contributed by atoms with Crippen molar-refractivity contribution in [2.75, 3.05) is 24.6 Å². The topological polar surface area (TPSA) is 79.8 Å². The average molecular weight is 453 g/mol. The van der Waals surface area contributed by atoms with Gasteiger partial charge in [0, 0.05) is 18.5 Å². The van der Waals surface area contributed by atoms with E-state index in [1.165, 1.54) is 18.2 Å². The van der Waals surface area contributed by atoms with Crippen molar-refractivity contribution in [3.05, 3.63) is 53.0 Å². The van der Waals surface area contributed by atoms with Gasteiger partial charge in [0.15, 0.2) is 0 Å². The fourth-order valence-corrected chi connectivity index (χ4v) is 6.56. The van der Waals surface area contributed by atoms with E-state index >= 15 is 0 Å². The molecule has 2 fully saturated rings. The van der Waals surface area contributed by atoms with Crippen molar-refractivity contribution >= 4 is 5.95 Å². The highest BCUT2D eigenvalue weighted by Crippen LogP contribution is 2.69. The van der Waals surface area contributed by atoms with Crippen LogP contribution in [0.1, 0.15) is 49.7 Å². The van der Waals surface area contributed by atoms with E-state index < -0.39 is 11.6 Å². The molecule has 3 heterocycles. The number of hydrogen-bond acceptors (Lipinski definition) is 6. The molecular formula is C24H26F2N6O. The number of aromatic nitrogens is 5. The number of rotatable bonds is 3. The minimum atomic E-state index is -0.630. The molecule has 1 unspecified atom stereocenters. The van der Waals surface area contributed by atoms with Gasteiger partial charge in [-0.05, 0) is 54.9 Å². The Morgan fingerprint density at radius 2 is 1.97 bits per heavy atom. The van der Waals surface area contributed by atoms with Crippen molar-refractivity contribution < 1.29 is 13.5 Å². The van der Waals surface area contributed by atoms with Gasteiger partial charge in [0.25, 0.3) is 0 Å². The number of H-pyrrole nitrogens is 1. The maximum absolute atomic E-state index is 14.5. The number of nitrogens with zero attached hydrogens (tertiary/aromatic N) is 5. The second kappa shape index (κ2) is 7.03. The van der Waals surface area contributed by atoms with Crippen LogP contribution in [0.15, 0.2) is 24.3 Å². The van der Waals surface area contributed by atoms with Crippen molar-refractivity contribution in [1.82, 2.24) is 25.4 Å². The molecule has 2 aromatic heterocycles. The lowest BCUT2D eigenvalue weighted by molar-refractivity contribution is -0.0469. The van der Waals surface area contributed by atoms with Gasteiger partial charge in [-0.3, -0.25) is 0 Å². The summed E-state index contributed by atoms with van der Waals surface area (Å²) in [7, 11) is 0. The molecule has 1 saturated heterocycles. The Bertz CT molecular complexity index is 1220. The largest absolute Gasteiger partial charge is 0.374 e. The molecule has 1 saturated carbocycles. The molecule has 2 bridgehead atoms. The first-order chi connectivity index (χ1) is 15.8. The minimum absolute atomic E-state index is 0.108. The van der Waals surface area contributed by atoms with Crippen LogP contribution < -0.4 is 4.90 Å². The Morgan fingerprint density at radius 3 is 2.70 bits per heavy atom. The van der Waals surface area contributed by atoms with E-state index in [1.807, 2.05) is 13.0 Å². The van der Waals surface area contributed by atoms with E-state index in [2.05, 4.69) is 44.1 Å². The van der Waals surface area contributed by atoms with Gasteiger partial charge in [0.1, 0.15) is 17.5 Å². The zero-order valence-electron chi connectivity index (χ0n) is 18.9. The summed E-state index contributed by atoms with van der Waals surface area (Å²) in [5.74, 6) is 0.421. The van der Waals surface area contributed by atoms with Gasteiger partial charge in [0.2, 0.25) is 5.95 Å². The van der Waals surface area contributed by atoms with Gasteiger partial charge in [-0.15, -0.1) is 0 Å². The third-order valence-electron chi connectivity index (χ3n) is 8.19. The molecule has 9 heteroatoms. The van der Waals surface area contributed by atoms with Crippen LogP contribution in [0.4, 0.5) is 14.7 Å². The van der Waals surface area contributed by atoms with Crippen LogP contribution in [0.25, 0.3) is 11.3 Å². The van der Waals surface area contributed by atoms with E-state index in [-0.39, 0.29) is 34.1 Å². The number of nitrogens with one attached hydrogen (secondary N) is 1. The minimum Gasteiger partial charge on any atom is -0.374 e. The number of morpholine rings is 1. The van der Waals surface area contributed by atoms with Gasteiger partial charge in [0.05, 0.1) is 29.7 Å². The van der Waals surface area contributed by atoms with Crippen LogP contribution in [0.3, 0.4) is 0 Å². The Hall–Kier alpha value is -2.94. The molecule has 3 aliphatic rings. The maximum Gasteiger partial charge on any atom is 0.221 e. The van der Waals surface area contributed by atoms with Gasteiger partial charge in [-0.2, -0.15) is 20.3 Å². The third-order valence-corrected chi connectivity index (χ3v) is 8.19. The van der Waals surface area contributed by atoms with Crippen molar-refractivity contribution in [3.8, 4) is 11.3 Å². The van der Waals surface area contributed by atoms with Gasteiger partial charge in [-0.1, -0.05) is 19.9 Å². The van der Waals surface area contributed by atoms with Crippen LogP contribution >= 0.6 is 0 Å². The number of ether oxygens (including phenoxy) is 1. The fourth-order valence-electron chi connectivity index (χ4n) is 6.56.